The molecule has 5 nitrogen and oxygen atoms in total. The summed E-state index contributed by atoms with van der Waals surface area (Å²) < 4.78 is 27.3. The third-order valence-corrected chi connectivity index (χ3v) is 5.87. The van der Waals surface area contributed by atoms with E-state index in [0.29, 0.717) is 0 Å². The molecule has 0 amide bonds. The summed E-state index contributed by atoms with van der Waals surface area (Å²) in [7, 11) is -3.87. The van der Waals surface area contributed by atoms with E-state index in [1.165, 1.54) is 12.1 Å². The normalized spacial score (nSPS) is 16.9. The Hall–Kier alpha value is -0.820. The molecule has 2 N–H and O–H groups in total. The van der Waals surface area contributed by atoms with Gasteiger partial charge in [0.05, 0.1) is 15.6 Å². The maximum atomic E-state index is 12.4. The minimum Gasteiger partial charge on any atom is -0.478 e. The second-order valence-corrected chi connectivity index (χ2v) is 7.46. The van der Waals surface area contributed by atoms with Crippen LogP contribution in [0, 0.1) is 0 Å². The zero-order valence-electron chi connectivity index (χ0n) is 11.1. The molecular formula is C13H15Cl2NO4S. The summed E-state index contributed by atoms with van der Waals surface area (Å²) >= 11 is 11.7. The predicted molar refractivity (Wildman–Crippen MR) is 80.6 cm³/mol. The van der Waals surface area contributed by atoms with Gasteiger partial charge in [-0.25, -0.2) is 17.9 Å². The first-order valence-corrected chi connectivity index (χ1v) is 8.80. The standard InChI is InChI=1S/C13H15Cl2NO4S/c14-9-6-7-10(12(15)11(9)13(17)18)21(19,20)16-8-4-2-1-3-5-8/h6-8,16H,1-5H2,(H,17,18). The topological polar surface area (TPSA) is 83.5 Å². The fraction of sp³-hybridized carbons (Fsp3) is 0.462. The Balaban J connectivity index is 2.36. The SMILES string of the molecule is O=C(O)c1c(Cl)ccc(S(=O)(=O)NC2CCCCC2)c1Cl. The van der Waals surface area contributed by atoms with Crippen LogP contribution >= 0.6 is 23.2 Å². The molecule has 0 heterocycles. The molecule has 1 aromatic carbocycles. The number of rotatable bonds is 4. The zero-order chi connectivity index (χ0) is 15.6. The third-order valence-electron chi connectivity index (χ3n) is 3.49. The molecule has 0 atom stereocenters. The minimum atomic E-state index is -3.87. The van der Waals surface area contributed by atoms with Crippen LogP contribution in [0.4, 0.5) is 0 Å². The molecule has 0 spiro atoms. The van der Waals surface area contributed by atoms with E-state index in [1.54, 1.807) is 0 Å². The lowest BCUT2D eigenvalue weighted by molar-refractivity contribution is 0.0697. The van der Waals surface area contributed by atoms with Gasteiger partial charge in [0.15, 0.2) is 0 Å². The van der Waals surface area contributed by atoms with E-state index in [-0.39, 0.29) is 21.0 Å². The van der Waals surface area contributed by atoms with Crippen molar-refractivity contribution in [3.05, 3.63) is 27.7 Å². The van der Waals surface area contributed by atoms with Crippen LogP contribution in [0.5, 0.6) is 0 Å². The Morgan fingerprint density at radius 1 is 1.19 bits per heavy atom. The van der Waals surface area contributed by atoms with E-state index < -0.39 is 21.6 Å². The fourth-order valence-electron chi connectivity index (χ4n) is 2.44. The highest BCUT2D eigenvalue weighted by molar-refractivity contribution is 7.89. The summed E-state index contributed by atoms with van der Waals surface area (Å²) in [5.41, 5.74) is -0.398. The molecule has 21 heavy (non-hydrogen) atoms. The van der Waals surface area contributed by atoms with E-state index in [0.717, 1.165) is 32.1 Å². The van der Waals surface area contributed by atoms with Crippen molar-refractivity contribution < 1.29 is 18.3 Å². The number of halogens is 2. The molecule has 1 aliphatic rings. The maximum absolute atomic E-state index is 12.4. The summed E-state index contributed by atoms with van der Waals surface area (Å²) in [6.45, 7) is 0. The lowest BCUT2D eigenvalue weighted by Crippen LogP contribution is -2.36. The molecule has 0 radical (unpaired) electrons. The highest BCUT2D eigenvalue weighted by Crippen LogP contribution is 2.31. The molecular weight excluding hydrogens is 337 g/mol. The molecule has 1 aromatic rings. The number of nitrogens with one attached hydrogen (secondary N) is 1. The van der Waals surface area contributed by atoms with Crippen LogP contribution in [-0.4, -0.2) is 25.5 Å². The molecule has 0 aliphatic heterocycles. The van der Waals surface area contributed by atoms with Crippen molar-refractivity contribution in [3.8, 4) is 0 Å². The Morgan fingerprint density at radius 2 is 1.81 bits per heavy atom. The molecule has 1 aliphatic carbocycles. The number of hydrogen-bond acceptors (Lipinski definition) is 3. The second kappa shape index (κ2) is 6.52. The molecule has 2 rings (SSSR count). The van der Waals surface area contributed by atoms with Crippen LogP contribution in [0.2, 0.25) is 10.0 Å². The van der Waals surface area contributed by atoms with Crippen molar-refractivity contribution in [2.45, 2.75) is 43.0 Å². The van der Waals surface area contributed by atoms with Gasteiger partial charge in [0, 0.05) is 6.04 Å². The molecule has 0 unspecified atom stereocenters. The Kier molecular flexibility index (Phi) is 5.14. The third kappa shape index (κ3) is 3.69. The summed E-state index contributed by atoms with van der Waals surface area (Å²) in [4.78, 5) is 10.9. The number of carbonyl (C=O) groups is 1. The quantitative estimate of drug-likeness (QED) is 0.871. The number of benzene rings is 1. The van der Waals surface area contributed by atoms with E-state index in [9.17, 15) is 13.2 Å². The largest absolute Gasteiger partial charge is 0.478 e. The molecule has 0 aromatic heterocycles. The van der Waals surface area contributed by atoms with E-state index in [4.69, 9.17) is 28.3 Å². The van der Waals surface area contributed by atoms with Crippen LogP contribution in [0.15, 0.2) is 17.0 Å². The van der Waals surface area contributed by atoms with Crippen molar-refractivity contribution in [1.29, 1.82) is 0 Å². The maximum Gasteiger partial charge on any atom is 0.338 e. The lowest BCUT2D eigenvalue weighted by atomic mass is 9.96. The second-order valence-electron chi connectivity index (χ2n) is 5.00. The molecule has 8 heteroatoms. The van der Waals surface area contributed by atoms with Gasteiger partial charge in [-0.15, -0.1) is 0 Å². The summed E-state index contributed by atoms with van der Waals surface area (Å²) in [5, 5.41) is 8.62. The molecule has 1 fully saturated rings. The van der Waals surface area contributed by atoms with Gasteiger partial charge in [-0.1, -0.05) is 42.5 Å². The van der Waals surface area contributed by atoms with Gasteiger partial charge in [-0.05, 0) is 25.0 Å². The summed E-state index contributed by atoms with van der Waals surface area (Å²) in [6.07, 6.45) is 4.60. The van der Waals surface area contributed by atoms with E-state index in [1.807, 2.05) is 0 Å². The van der Waals surface area contributed by atoms with Crippen molar-refractivity contribution in [3.63, 3.8) is 0 Å². The lowest BCUT2D eigenvalue weighted by Gasteiger charge is -2.23. The first-order chi connectivity index (χ1) is 9.83. The number of hydrogen-bond donors (Lipinski definition) is 2. The van der Waals surface area contributed by atoms with E-state index in [2.05, 4.69) is 4.72 Å². The fourth-order valence-corrected chi connectivity index (χ4v) is 4.66. The van der Waals surface area contributed by atoms with Gasteiger partial charge >= 0.3 is 5.97 Å². The van der Waals surface area contributed by atoms with Gasteiger partial charge < -0.3 is 5.11 Å². The van der Waals surface area contributed by atoms with Crippen molar-refractivity contribution in [2.75, 3.05) is 0 Å². The predicted octanol–water partition coefficient (Wildman–Crippen LogP) is 3.30. The van der Waals surface area contributed by atoms with Crippen LogP contribution in [0.3, 0.4) is 0 Å². The van der Waals surface area contributed by atoms with Crippen LogP contribution in [-0.2, 0) is 10.0 Å². The molecule has 1 saturated carbocycles. The highest BCUT2D eigenvalue weighted by Gasteiger charge is 2.27. The summed E-state index contributed by atoms with van der Waals surface area (Å²) in [6, 6.07) is 2.32. The minimum absolute atomic E-state index is 0.0934. The zero-order valence-corrected chi connectivity index (χ0v) is 13.4. The number of sulfonamides is 1. The first-order valence-electron chi connectivity index (χ1n) is 6.56. The number of carboxylic acid groups (broad SMARTS) is 1. The smallest absolute Gasteiger partial charge is 0.338 e. The molecule has 0 saturated heterocycles. The van der Waals surface area contributed by atoms with Crippen molar-refractivity contribution in [2.24, 2.45) is 0 Å². The summed E-state index contributed by atoms with van der Waals surface area (Å²) in [5.74, 6) is -1.36. The van der Waals surface area contributed by atoms with Crippen LogP contribution in [0.1, 0.15) is 42.5 Å². The number of carboxylic acids is 1. The highest BCUT2D eigenvalue weighted by atomic mass is 35.5. The number of aromatic carboxylic acids is 1. The van der Waals surface area contributed by atoms with Gasteiger partial charge in [0.1, 0.15) is 4.90 Å². The van der Waals surface area contributed by atoms with E-state index >= 15 is 0 Å². The molecule has 0 bridgehead atoms. The van der Waals surface area contributed by atoms with Gasteiger partial charge in [0.25, 0.3) is 0 Å². The van der Waals surface area contributed by atoms with Gasteiger partial charge in [-0.3, -0.25) is 0 Å². The average Bonchev–Trinajstić information content (AvgIpc) is 2.38. The Labute approximate surface area is 133 Å². The average molecular weight is 352 g/mol. The van der Waals surface area contributed by atoms with Crippen molar-refractivity contribution in [1.82, 2.24) is 4.72 Å². The van der Waals surface area contributed by atoms with Gasteiger partial charge in [0.2, 0.25) is 10.0 Å². The van der Waals surface area contributed by atoms with Crippen LogP contribution < -0.4 is 4.72 Å². The van der Waals surface area contributed by atoms with Crippen LogP contribution in [0.25, 0.3) is 0 Å². The Bertz CT molecular complexity index is 654. The monoisotopic (exact) mass is 351 g/mol. The molecule has 116 valence electrons. The van der Waals surface area contributed by atoms with Gasteiger partial charge in [-0.2, -0.15) is 0 Å². The first kappa shape index (κ1) is 16.5. The Morgan fingerprint density at radius 3 is 2.38 bits per heavy atom. The van der Waals surface area contributed by atoms with Crippen molar-refractivity contribution >= 4 is 39.2 Å².